The van der Waals surface area contributed by atoms with Crippen LogP contribution in [0.4, 0.5) is 23.8 Å². The molecule has 2 aromatic heterocycles. The Morgan fingerprint density at radius 2 is 1.89 bits per heavy atom. The van der Waals surface area contributed by atoms with Crippen LogP contribution < -0.4 is 5.56 Å². The molecule has 0 saturated carbocycles. The number of hydrogen-bond donors (Lipinski definition) is 2. The highest BCUT2D eigenvalue weighted by Crippen LogP contribution is 3.02. The number of nitrogens with zero attached hydrogens (tertiary/aromatic N) is 3. The van der Waals surface area contributed by atoms with Crippen molar-refractivity contribution in [3.8, 4) is 0 Å². The maximum absolute atomic E-state index is 14.3. The van der Waals surface area contributed by atoms with Crippen molar-refractivity contribution in [1.29, 1.82) is 0 Å². The van der Waals surface area contributed by atoms with Gasteiger partial charge >= 0.3 is 10.2 Å². The predicted octanol–water partition coefficient (Wildman–Crippen LogP) is 4.33. The van der Waals surface area contributed by atoms with Crippen molar-refractivity contribution < 1.29 is 28.9 Å². The van der Waals surface area contributed by atoms with E-state index < -0.39 is 39.1 Å². The first-order valence-electron chi connectivity index (χ1n) is 7.75. The van der Waals surface area contributed by atoms with Crippen LogP contribution >= 0.6 is 10.2 Å². The zero-order chi connectivity index (χ0) is 21.1. The Morgan fingerprint density at radius 1 is 1.25 bits per heavy atom. The molecule has 3 rings (SSSR count). The lowest BCUT2D eigenvalue weighted by atomic mass is 10.1. The molecule has 13 heteroatoms. The van der Waals surface area contributed by atoms with Gasteiger partial charge in [0.25, 0.3) is 5.56 Å². The van der Waals surface area contributed by atoms with E-state index in [2.05, 4.69) is 15.1 Å². The number of benzene rings is 1. The number of halogens is 6. The number of rotatable bonds is 4. The molecule has 0 aliphatic carbocycles. The van der Waals surface area contributed by atoms with Gasteiger partial charge in [-0.3, -0.25) is 4.79 Å². The highest BCUT2D eigenvalue weighted by atomic mass is 32.5. The number of fused-ring (bicyclic) bond motifs is 1. The van der Waals surface area contributed by atoms with Gasteiger partial charge < -0.3 is 10.1 Å². The van der Waals surface area contributed by atoms with E-state index in [1.807, 2.05) is 0 Å². The second-order valence-corrected chi connectivity index (χ2v) is 8.64. The van der Waals surface area contributed by atoms with Gasteiger partial charge in [-0.05, 0) is 26.0 Å². The van der Waals surface area contributed by atoms with Crippen molar-refractivity contribution in [2.45, 2.75) is 31.4 Å². The lowest BCUT2D eigenvalue weighted by Crippen LogP contribution is -2.15. The van der Waals surface area contributed by atoms with Crippen LogP contribution in [0.25, 0.3) is 11.0 Å². The van der Waals surface area contributed by atoms with Crippen LogP contribution in [-0.4, -0.2) is 24.9 Å². The van der Waals surface area contributed by atoms with E-state index in [-0.39, 0.29) is 40.2 Å². The summed E-state index contributed by atoms with van der Waals surface area (Å²) in [5, 5.41) is 13.3. The molecule has 1 aromatic carbocycles. The number of H-pyrrole nitrogens is 1. The summed E-state index contributed by atoms with van der Waals surface area (Å²) in [6, 6.07) is -0.693. The predicted molar refractivity (Wildman–Crippen MR) is 90.4 cm³/mol. The molecule has 6 nitrogen and oxygen atoms in total. The molecule has 0 fully saturated rings. The van der Waals surface area contributed by atoms with Crippen molar-refractivity contribution in [1.82, 2.24) is 19.7 Å². The maximum atomic E-state index is 14.3. The van der Waals surface area contributed by atoms with Gasteiger partial charge in [-0.1, -0.05) is 25.5 Å². The number of aliphatic hydroxyl groups excluding tert-OH is 1. The summed E-state index contributed by atoms with van der Waals surface area (Å²) >= 11 is 0. The van der Waals surface area contributed by atoms with E-state index in [1.54, 1.807) is 0 Å². The van der Waals surface area contributed by atoms with Gasteiger partial charge in [0.1, 0.15) is 27.6 Å². The lowest BCUT2D eigenvalue weighted by Gasteiger charge is -2.40. The zero-order valence-corrected chi connectivity index (χ0v) is 15.2. The molecule has 28 heavy (non-hydrogen) atoms. The van der Waals surface area contributed by atoms with Crippen molar-refractivity contribution >= 4 is 21.3 Å². The molecule has 0 amide bonds. The molecule has 154 valence electrons. The quantitative estimate of drug-likeness (QED) is 0.606. The molecule has 2 N–H and O–H groups in total. The fourth-order valence-electron chi connectivity index (χ4n) is 2.82. The summed E-state index contributed by atoms with van der Waals surface area (Å²) < 4.78 is 79.7. The van der Waals surface area contributed by atoms with Crippen LogP contribution in [0.15, 0.2) is 27.9 Å². The lowest BCUT2D eigenvalue weighted by molar-refractivity contribution is 0.276. The minimum absolute atomic E-state index is 0.0333. The molecule has 1 atom stereocenters. The zero-order valence-electron chi connectivity index (χ0n) is 14.4. The topological polar surface area (TPSA) is 83.8 Å². The number of aromatic amines is 1. The summed E-state index contributed by atoms with van der Waals surface area (Å²) in [5.41, 5.74) is -1.09. The van der Waals surface area contributed by atoms with Crippen LogP contribution in [0.2, 0.25) is 0 Å². The third kappa shape index (κ3) is 3.46. The molecular formula is C15H14F6N4O2S. The van der Waals surface area contributed by atoms with Gasteiger partial charge in [0, 0.05) is 5.56 Å². The Balaban J connectivity index is 2.19. The van der Waals surface area contributed by atoms with Gasteiger partial charge in [0.05, 0.1) is 12.6 Å². The second-order valence-electron chi connectivity index (χ2n) is 6.23. The van der Waals surface area contributed by atoms with Crippen LogP contribution in [0.5, 0.6) is 0 Å². The van der Waals surface area contributed by atoms with Crippen LogP contribution in [-0.2, 0) is 6.61 Å². The molecule has 0 aliphatic heterocycles. The highest BCUT2D eigenvalue weighted by Gasteiger charge is 2.65. The number of aliphatic hydroxyl groups is 1. The smallest absolute Gasteiger partial charge is 0.310 e. The van der Waals surface area contributed by atoms with Gasteiger partial charge in [0.2, 0.25) is 0 Å². The second kappa shape index (κ2) is 5.50. The number of nitrogens with one attached hydrogen (secondary N) is 1. The van der Waals surface area contributed by atoms with Crippen molar-refractivity contribution in [2.24, 2.45) is 0 Å². The average Bonchev–Trinajstić information content (AvgIpc) is 2.90. The number of aryl methyl sites for hydroxylation is 1. The first kappa shape index (κ1) is 20.2. The number of aromatic nitrogens is 4. The summed E-state index contributed by atoms with van der Waals surface area (Å²) in [6.07, 6.45) is 0. The van der Waals surface area contributed by atoms with E-state index in [9.17, 15) is 33.7 Å². The first-order chi connectivity index (χ1) is 12.6. The van der Waals surface area contributed by atoms with Gasteiger partial charge in [-0.15, -0.1) is 0 Å². The largest absolute Gasteiger partial charge is 0.390 e. The minimum atomic E-state index is -10.0. The SMILES string of the molecule is Cc1nc2c(c(CO)nn2C(C)c2ccc(S(F)(F)(F)(F)F)cc2F)c(=O)[nH]1. The summed E-state index contributed by atoms with van der Waals surface area (Å²) in [6.45, 7) is 2.16. The van der Waals surface area contributed by atoms with Gasteiger partial charge in [-0.2, -0.15) is 5.10 Å². The Kier molecular flexibility index (Phi) is 3.97. The van der Waals surface area contributed by atoms with Crippen LogP contribution in [0.1, 0.15) is 30.0 Å². The third-order valence-corrected chi connectivity index (χ3v) is 5.28. The molecule has 0 radical (unpaired) electrons. The molecule has 0 spiro atoms. The van der Waals surface area contributed by atoms with Gasteiger partial charge in [-0.25, -0.2) is 14.1 Å². The molecule has 1 unspecified atom stereocenters. The van der Waals surface area contributed by atoms with E-state index in [1.165, 1.54) is 13.8 Å². The Labute approximate surface area is 153 Å². The fourth-order valence-corrected chi connectivity index (χ4v) is 3.47. The summed E-state index contributed by atoms with van der Waals surface area (Å²) in [4.78, 5) is 16.3. The third-order valence-electron chi connectivity index (χ3n) is 4.14. The van der Waals surface area contributed by atoms with Crippen molar-refractivity contribution in [2.75, 3.05) is 0 Å². The monoisotopic (exact) mass is 428 g/mol. The molecule has 3 aromatic rings. The Bertz CT molecular complexity index is 1160. The first-order valence-corrected chi connectivity index (χ1v) is 9.70. The van der Waals surface area contributed by atoms with Gasteiger partial charge in [0.15, 0.2) is 5.65 Å². The van der Waals surface area contributed by atoms with Crippen LogP contribution in [0.3, 0.4) is 0 Å². The molecular weight excluding hydrogens is 414 g/mol. The Hall–Kier alpha value is -2.54. The van der Waals surface area contributed by atoms with Crippen molar-refractivity contribution in [3.63, 3.8) is 0 Å². The summed E-state index contributed by atoms with van der Waals surface area (Å²) in [7, 11) is -10.0. The van der Waals surface area contributed by atoms with E-state index in [4.69, 9.17) is 0 Å². The molecule has 2 heterocycles. The normalized spacial score (nSPS) is 16.0. The standard InChI is InChI=1S/C15H14F6N4O2S/c1-7(10-4-3-9(5-11(10)16)28(17,18,19,20)21)25-14-13(12(6-26)24-25)15(27)23-8(2)22-14/h3-5,7,26H,6H2,1-2H3,(H,22,23,27). The molecule has 0 saturated heterocycles. The minimum Gasteiger partial charge on any atom is -0.390 e. The fraction of sp³-hybridized carbons (Fsp3) is 0.267. The maximum Gasteiger partial charge on any atom is 0.310 e. The van der Waals surface area contributed by atoms with E-state index in [0.717, 1.165) is 4.68 Å². The van der Waals surface area contributed by atoms with E-state index >= 15 is 0 Å². The molecule has 0 bridgehead atoms. The summed E-state index contributed by atoms with van der Waals surface area (Å²) in [5.74, 6) is -1.33. The highest BCUT2D eigenvalue weighted by molar-refractivity contribution is 8.45. The van der Waals surface area contributed by atoms with E-state index in [0.29, 0.717) is 6.07 Å². The molecule has 0 aliphatic rings. The average molecular weight is 428 g/mol. The van der Waals surface area contributed by atoms with Crippen LogP contribution in [0, 0.1) is 12.7 Å². The Morgan fingerprint density at radius 3 is 2.43 bits per heavy atom. The number of hydrogen-bond acceptors (Lipinski definition) is 4. The van der Waals surface area contributed by atoms with Crippen molar-refractivity contribution in [3.05, 3.63) is 51.5 Å².